The number of halogens is 1. The topological polar surface area (TPSA) is 111 Å². The second kappa shape index (κ2) is 11.9. The highest BCUT2D eigenvalue weighted by Crippen LogP contribution is 2.36. The number of carbonyl (C=O) groups is 2. The molecule has 2 N–H and O–H groups in total. The van der Waals surface area contributed by atoms with Crippen molar-refractivity contribution in [3.63, 3.8) is 0 Å². The summed E-state index contributed by atoms with van der Waals surface area (Å²) in [6.07, 6.45) is 0.903. The first-order valence-electron chi connectivity index (χ1n) is 12.1. The van der Waals surface area contributed by atoms with Crippen LogP contribution in [-0.4, -0.2) is 27.1 Å². The van der Waals surface area contributed by atoms with Gasteiger partial charge in [0.2, 0.25) is 0 Å². The average Bonchev–Trinajstić information content (AvgIpc) is 2.76. The molecule has 2 atom stereocenters. The maximum Gasteiger partial charge on any atom is 0.307 e. The van der Waals surface area contributed by atoms with Crippen LogP contribution in [0.3, 0.4) is 0 Å². The van der Waals surface area contributed by atoms with Gasteiger partial charge in [0.25, 0.3) is 0 Å². The normalized spacial score (nSPS) is 13.0. The van der Waals surface area contributed by atoms with Crippen molar-refractivity contribution in [2.75, 3.05) is 0 Å². The van der Waals surface area contributed by atoms with Gasteiger partial charge in [0.05, 0.1) is 12.8 Å². The van der Waals surface area contributed by atoms with Crippen LogP contribution in [0.4, 0.5) is 4.39 Å². The van der Waals surface area contributed by atoms with Gasteiger partial charge in [-0.3, -0.25) is 9.59 Å². The summed E-state index contributed by atoms with van der Waals surface area (Å²) in [7, 11) is 0. The molecule has 0 saturated heterocycles. The molecule has 6 nitrogen and oxygen atoms in total. The second-order valence-corrected chi connectivity index (χ2v) is 9.93. The van der Waals surface area contributed by atoms with Gasteiger partial charge < -0.3 is 10.2 Å². The van der Waals surface area contributed by atoms with Crippen LogP contribution in [0, 0.1) is 17.1 Å². The quantitative estimate of drug-likeness (QED) is 0.390. The molecule has 0 aliphatic heterocycles. The van der Waals surface area contributed by atoms with Crippen molar-refractivity contribution in [2.24, 2.45) is 0 Å². The number of carboxylic acid groups (broad SMARTS) is 2. The molecule has 188 valence electrons. The van der Waals surface area contributed by atoms with E-state index in [1.807, 2.05) is 41.5 Å². The Kier molecular flexibility index (Phi) is 9.53. The Balaban J connectivity index is 2.42. The summed E-state index contributed by atoms with van der Waals surface area (Å²) in [5.41, 5.74) is 4.15. The summed E-state index contributed by atoms with van der Waals surface area (Å²) < 4.78 is 14.6. The van der Waals surface area contributed by atoms with Crippen molar-refractivity contribution >= 4 is 11.9 Å². The van der Waals surface area contributed by atoms with Gasteiger partial charge in [-0.25, -0.2) is 9.37 Å². The summed E-state index contributed by atoms with van der Waals surface area (Å²) >= 11 is 0. The van der Waals surface area contributed by atoms with Gasteiger partial charge >= 0.3 is 11.9 Å². The van der Waals surface area contributed by atoms with E-state index in [-0.39, 0.29) is 42.2 Å². The Hall–Kier alpha value is -3.27. The Morgan fingerprint density at radius 2 is 1.49 bits per heavy atom. The molecule has 0 fully saturated rings. The van der Waals surface area contributed by atoms with Crippen molar-refractivity contribution in [2.45, 2.75) is 90.9 Å². The predicted octanol–water partition coefficient (Wildman–Crippen LogP) is 6.28. The number of nitrogens with zero attached hydrogens (tertiary/aromatic N) is 2. The zero-order valence-corrected chi connectivity index (χ0v) is 21.4. The lowest BCUT2D eigenvalue weighted by molar-refractivity contribution is -0.137. The molecule has 0 aliphatic carbocycles. The molecule has 1 aromatic heterocycles. The van der Waals surface area contributed by atoms with Crippen molar-refractivity contribution in [3.8, 4) is 6.07 Å². The standard InChI is InChI=1S/C28H35FN2O4/c1-15(2)21-11-19(14-30)31-28(23(21)13-26(34)35)18(6)8-7-17(5)20-9-10-24(29)27(16(3)4)22(20)12-25(32)33/h9-11,15-18H,7-8,12-13H2,1-6H3,(H,32,33)(H,34,35). The van der Waals surface area contributed by atoms with E-state index in [2.05, 4.69) is 11.1 Å². The second-order valence-electron chi connectivity index (χ2n) is 9.93. The lowest BCUT2D eigenvalue weighted by atomic mass is 9.82. The largest absolute Gasteiger partial charge is 0.481 e. The molecule has 0 saturated carbocycles. The SMILES string of the molecule is CC(C)c1cc(C#N)nc(C(C)CCC(C)c2ccc(F)c(C(C)C)c2CC(=O)O)c1CC(=O)O. The number of hydrogen-bond donors (Lipinski definition) is 2. The lowest BCUT2D eigenvalue weighted by Gasteiger charge is -2.24. The van der Waals surface area contributed by atoms with E-state index in [4.69, 9.17) is 0 Å². The molecule has 7 heteroatoms. The minimum Gasteiger partial charge on any atom is -0.481 e. The molecule has 1 aromatic carbocycles. The third-order valence-corrected chi connectivity index (χ3v) is 6.53. The lowest BCUT2D eigenvalue weighted by Crippen LogP contribution is -2.15. The molecule has 0 spiro atoms. The van der Waals surface area contributed by atoms with Gasteiger partial charge in [0, 0.05) is 5.69 Å². The van der Waals surface area contributed by atoms with Gasteiger partial charge in [0.1, 0.15) is 17.6 Å². The first kappa shape index (κ1) is 28.0. The summed E-state index contributed by atoms with van der Waals surface area (Å²) in [4.78, 5) is 27.6. The number of benzene rings is 1. The number of nitriles is 1. The van der Waals surface area contributed by atoms with Crippen molar-refractivity contribution < 1.29 is 24.2 Å². The number of rotatable bonds is 11. The van der Waals surface area contributed by atoms with Crippen LogP contribution in [0.25, 0.3) is 0 Å². The van der Waals surface area contributed by atoms with E-state index in [0.29, 0.717) is 35.2 Å². The Morgan fingerprint density at radius 3 is 2.00 bits per heavy atom. The van der Waals surface area contributed by atoms with Crippen LogP contribution in [0.1, 0.15) is 117 Å². The first-order chi connectivity index (χ1) is 16.4. The van der Waals surface area contributed by atoms with Crippen LogP contribution >= 0.6 is 0 Å². The average molecular weight is 483 g/mol. The van der Waals surface area contributed by atoms with E-state index < -0.39 is 17.8 Å². The highest BCUT2D eigenvalue weighted by atomic mass is 19.1. The zero-order chi connectivity index (χ0) is 26.4. The van der Waals surface area contributed by atoms with E-state index in [1.165, 1.54) is 6.07 Å². The fraction of sp³-hybridized carbons (Fsp3) is 0.500. The molecule has 2 unspecified atom stereocenters. The smallest absolute Gasteiger partial charge is 0.307 e. The molecule has 35 heavy (non-hydrogen) atoms. The van der Waals surface area contributed by atoms with Gasteiger partial charge in [-0.05, 0) is 76.5 Å². The van der Waals surface area contributed by atoms with Gasteiger partial charge in [-0.2, -0.15) is 5.26 Å². The van der Waals surface area contributed by atoms with E-state index in [0.717, 1.165) is 11.1 Å². The molecule has 0 radical (unpaired) electrons. The summed E-state index contributed by atoms with van der Waals surface area (Å²) in [5.74, 6) is -2.62. The molecule has 2 aromatic rings. The minimum absolute atomic E-state index is 0.0385. The van der Waals surface area contributed by atoms with Crippen LogP contribution in [-0.2, 0) is 22.4 Å². The number of hydrogen-bond acceptors (Lipinski definition) is 4. The minimum atomic E-state index is -1.00. The monoisotopic (exact) mass is 482 g/mol. The molecule has 1 heterocycles. The third-order valence-electron chi connectivity index (χ3n) is 6.53. The summed E-state index contributed by atoms with van der Waals surface area (Å²) in [6.45, 7) is 11.6. The van der Waals surface area contributed by atoms with Gasteiger partial charge in [-0.15, -0.1) is 0 Å². The number of aromatic nitrogens is 1. The maximum atomic E-state index is 14.6. The number of carboxylic acids is 2. The molecule has 2 rings (SSSR count). The Morgan fingerprint density at radius 1 is 0.914 bits per heavy atom. The molecule has 0 bridgehead atoms. The van der Waals surface area contributed by atoms with E-state index in [1.54, 1.807) is 12.1 Å². The fourth-order valence-corrected chi connectivity index (χ4v) is 4.82. The van der Waals surface area contributed by atoms with Gasteiger partial charge in [-0.1, -0.05) is 47.6 Å². The predicted molar refractivity (Wildman–Crippen MR) is 132 cm³/mol. The van der Waals surface area contributed by atoms with Crippen LogP contribution in [0.5, 0.6) is 0 Å². The maximum absolute atomic E-state index is 14.6. The molecular weight excluding hydrogens is 447 g/mol. The molecule has 0 aliphatic rings. The van der Waals surface area contributed by atoms with E-state index in [9.17, 15) is 29.5 Å². The highest BCUT2D eigenvalue weighted by Gasteiger charge is 2.24. The molecule has 0 amide bonds. The van der Waals surface area contributed by atoms with Crippen molar-refractivity contribution in [1.29, 1.82) is 5.26 Å². The van der Waals surface area contributed by atoms with Crippen LogP contribution < -0.4 is 0 Å². The van der Waals surface area contributed by atoms with Crippen molar-refractivity contribution in [3.05, 3.63) is 63.2 Å². The highest BCUT2D eigenvalue weighted by molar-refractivity contribution is 5.72. The van der Waals surface area contributed by atoms with Crippen molar-refractivity contribution in [1.82, 2.24) is 4.98 Å². The van der Waals surface area contributed by atoms with Gasteiger partial charge in [0.15, 0.2) is 0 Å². The molecular formula is C28H35FN2O4. The summed E-state index contributed by atoms with van der Waals surface area (Å²) in [6, 6.07) is 6.85. The van der Waals surface area contributed by atoms with E-state index >= 15 is 0 Å². The zero-order valence-electron chi connectivity index (χ0n) is 21.4. The third kappa shape index (κ3) is 6.88. The number of pyridine rings is 1. The first-order valence-corrected chi connectivity index (χ1v) is 12.1. The Labute approximate surface area is 206 Å². The fourth-order valence-electron chi connectivity index (χ4n) is 4.82. The van der Waals surface area contributed by atoms with Crippen LogP contribution in [0.15, 0.2) is 18.2 Å². The summed E-state index contributed by atoms with van der Waals surface area (Å²) in [5, 5.41) is 28.4. The Bertz CT molecular complexity index is 1130. The van der Waals surface area contributed by atoms with Crippen LogP contribution in [0.2, 0.25) is 0 Å². The number of aliphatic carboxylic acids is 2.